The Bertz CT molecular complexity index is 2230. The standard InChI is InChI=1S/C23H40O2.C21H38O.C19H34O.C7H5NS2.3CH4/c1-7-25-21(24)16-18-11-9-15-23(6)19(12-13-20(18)23)17(2)10-8-14-22(3,4)5;1-16(8-6-13-20(2,3)4)18-10-11-19-17(12-15-22)9-7-14-21(18,19)5;1-14(8-6-12-18(2,3)4)15-10-11-16-17(20)9-7-13-19(15,16)5;9-7-8-5-3-1-2-4-6(5)10-7;;;/h16-17,19-20H,7-15H2,1-6H3;12,16,18-19,22H,6-11,13-15H2,1-5H3;14-16H,6-13H2,1-5H3;1-4H,(H,8,9);3*1H4/b18-16+;17-12+;;;;;/t17-,19?,20?,23-;16-,18?,19?,21-;14-,15?,16?,19-;;;;/m111..../s1. The summed E-state index contributed by atoms with van der Waals surface area (Å²) in [5, 5.41) is 9.31. The van der Waals surface area contributed by atoms with Gasteiger partial charge in [-0.15, -0.1) is 11.3 Å². The molecule has 6 saturated carbocycles. The van der Waals surface area contributed by atoms with Gasteiger partial charge in [0.2, 0.25) is 0 Å². The Balaban J connectivity index is 0.000000372. The molecule has 6 unspecified atom stereocenters. The summed E-state index contributed by atoms with van der Waals surface area (Å²) in [5.74, 6) is 7.10. The van der Waals surface area contributed by atoms with E-state index in [-0.39, 0.29) is 34.9 Å². The van der Waals surface area contributed by atoms with Crippen molar-refractivity contribution in [1.29, 1.82) is 0 Å². The smallest absolute Gasteiger partial charge is 0.330 e. The molecule has 6 aliphatic carbocycles. The first-order chi connectivity index (χ1) is 36.0. The van der Waals surface area contributed by atoms with Crippen molar-refractivity contribution in [2.24, 2.45) is 85.8 Å². The van der Waals surface area contributed by atoms with E-state index in [0.29, 0.717) is 56.7 Å². The molecule has 0 radical (unpaired) electrons. The summed E-state index contributed by atoms with van der Waals surface area (Å²) >= 11 is 6.59. The van der Waals surface area contributed by atoms with Gasteiger partial charge in [0, 0.05) is 18.4 Å². The van der Waals surface area contributed by atoms with Gasteiger partial charge in [-0.2, -0.15) is 0 Å². The number of hydrogen-bond acceptors (Lipinski definition) is 6. The second-order valence-electron chi connectivity index (χ2n) is 30.5. The van der Waals surface area contributed by atoms with Gasteiger partial charge in [-0.1, -0.05) is 194 Å². The fraction of sp³-hybridized carbons (Fsp3) is 0.822. The Morgan fingerprint density at radius 3 is 1.49 bits per heavy atom. The average Bonchev–Trinajstić information content (AvgIpc) is 4.09. The van der Waals surface area contributed by atoms with Gasteiger partial charge in [0.1, 0.15) is 5.78 Å². The molecule has 5 nitrogen and oxygen atoms in total. The van der Waals surface area contributed by atoms with E-state index in [2.05, 4.69) is 121 Å². The van der Waals surface area contributed by atoms with Gasteiger partial charge in [0.25, 0.3) is 0 Å². The van der Waals surface area contributed by atoms with Crippen molar-refractivity contribution in [3.63, 3.8) is 0 Å². The lowest BCUT2D eigenvalue weighted by Crippen LogP contribution is -2.39. The van der Waals surface area contributed by atoms with E-state index >= 15 is 0 Å². The highest BCUT2D eigenvalue weighted by molar-refractivity contribution is 7.73. The molecule has 8 rings (SSSR count). The number of carbonyl (C=O) groups is 2. The van der Waals surface area contributed by atoms with Crippen LogP contribution in [0.4, 0.5) is 0 Å². The van der Waals surface area contributed by atoms with Crippen molar-refractivity contribution in [3.05, 3.63) is 51.5 Å². The molecule has 0 amide bonds. The third-order valence-corrected chi connectivity index (χ3v) is 22.3. The number of esters is 1. The molecule has 80 heavy (non-hydrogen) atoms. The van der Waals surface area contributed by atoms with Gasteiger partial charge in [-0.3, -0.25) is 4.79 Å². The summed E-state index contributed by atoms with van der Waals surface area (Å²) in [4.78, 5) is 27.2. The van der Waals surface area contributed by atoms with Crippen molar-refractivity contribution < 1.29 is 19.4 Å². The maximum atomic E-state index is 12.2. The third-order valence-electron chi connectivity index (χ3n) is 21.1. The van der Waals surface area contributed by atoms with Crippen molar-refractivity contribution in [3.8, 4) is 0 Å². The van der Waals surface area contributed by atoms with Crippen LogP contribution in [-0.2, 0) is 14.3 Å². The number of rotatable bonds is 15. The number of H-pyrrole nitrogens is 1. The average molecular weight is 1150 g/mol. The molecular weight excluding hydrogens is 1020 g/mol. The largest absolute Gasteiger partial charge is 0.463 e. The lowest BCUT2D eigenvalue weighted by atomic mass is 9.60. The molecule has 6 aliphatic rings. The van der Waals surface area contributed by atoms with Crippen molar-refractivity contribution in [2.45, 2.75) is 287 Å². The topological polar surface area (TPSA) is 79.4 Å². The third kappa shape index (κ3) is 20.6. The van der Waals surface area contributed by atoms with Crippen LogP contribution in [0.15, 0.2) is 47.6 Å². The fourth-order valence-corrected chi connectivity index (χ4v) is 18.3. The predicted octanol–water partition coefficient (Wildman–Crippen LogP) is 23.0. The van der Waals surface area contributed by atoms with E-state index in [4.69, 9.17) is 17.0 Å². The number of aromatic amines is 1. The first-order valence-corrected chi connectivity index (χ1v) is 33.0. The van der Waals surface area contributed by atoms with E-state index < -0.39 is 0 Å². The summed E-state index contributed by atoms with van der Waals surface area (Å²) in [6, 6.07) is 8.11. The highest BCUT2D eigenvalue weighted by atomic mass is 32.1. The summed E-state index contributed by atoms with van der Waals surface area (Å²) in [7, 11) is 0. The minimum Gasteiger partial charge on any atom is -0.463 e. The van der Waals surface area contributed by atoms with Gasteiger partial charge in [-0.25, -0.2) is 4.79 Å². The normalized spacial score (nSPS) is 30.2. The maximum Gasteiger partial charge on any atom is 0.330 e. The zero-order valence-electron chi connectivity index (χ0n) is 52.5. The number of aliphatic hydroxyl groups excluding tert-OH is 1. The van der Waals surface area contributed by atoms with Gasteiger partial charge < -0.3 is 14.8 Å². The molecule has 462 valence electrons. The molecule has 0 aliphatic heterocycles. The van der Waals surface area contributed by atoms with Crippen LogP contribution in [0.5, 0.6) is 0 Å². The van der Waals surface area contributed by atoms with Crippen LogP contribution in [0.3, 0.4) is 0 Å². The van der Waals surface area contributed by atoms with Gasteiger partial charge >= 0.3 is 5.97 Å². The minimum atomic E-state index is -0.136. The number of aromatic nitrogens is 1. The molecular formula is C73H129NO4S2. The number of ketones is 1. The molecule has 6 fully saturated rings. The Morgan fingerprint density at radius 2 is 1.06 bits per heavy atom. The summed E-state index contributed by atoms with van der Waals surface area (Å²) < 4.78 is 7.25. The number of fused-ring (bicyclic) bond motifs is 4. The van der Waals surface area contributed by atoms with Crippen molar-refractivity contribution in [2.75, 3.05) is 13.2 Å². The van der Waals surface area contributed by atoms with E-state index in [1.165, 1.54) is 145 Å². The molecule has 2 aromatic rings. The number of carbonyl (C=O) groups excluding carboxylic acids is 2. The molecule has 2 N–H and O–H groups in total. The number of ether oxygens (including phenoxy) is 1. The minimum absolute atomic E-state index is 0. The van der Waals surface area contributed by atoms with Crippen LogP contribution >= 0.6 is 23.6 Å². The molecule has 7 heteroatoms. The lowest BCUT2D eigenvalue weighted by molar-refractivity contribution is -0.137. The molecule has 0 saturated heterocycles. The SMILES string of the molecule is C.C.C.CCOC(=O)/C=C1\CCC[C@@]2(C)C1CCC2[C@H](C)CCCC(C)(C)C.C[C@H](CCCC(C)(C)C)C1CCC2/C(=C/CO)CCC[C@@]21C.C[C@H](CCCC(C)(C)C)C1CCC2C(=O)CCC[C@@]21C.S=c1[nH]c2ccccc2s1. The van der Waals surface area contributed by atoms with Crippen LogP contribution in [0.1, 0.15) is 287 Å². The Labute approximate surface area is 504 Å². The first kappa shape index (κ1) is 74.0. The van der Waals surface area contributed by atoms with Gasteiger partial charge in [0.05, 0.1) is 23.4 Å². The number of aliphatic hydroxyl groups is 1. The zero-order chi connectivity index (χ0) is 57.0. The van der Waals surface area contributed by atoms with Crippen LogP contribution in [-0.4, -0.2) is 35.1 Å². The highest BCUT2D eigenvalue weighted by Gasteiger charge is 2.53. The fourth-order valence-electron chi connectivity index (χ4n) is 17.2. The summed E-state index contributed by atoms with van der Waals surface area (Å²) in [5.41, 5.74) is 6.68. The van der Waals surface area contributed by atoms with Crippen LogP contribution in [0.25, 0.3) is 10.2 Å². The number of benzene rings is 1. The van der Waals surface area contributed by atoms with E-state index in [1.807, 2.05) is 31.2 Å². The summed E-state index contributed by atoms with van der Waals surface area (Å²) in [6.45, 7) is 38.6. The quantitative estimate of drug-likeness (QED) is 0.0804. The number of Topliss-reactive ketones (excluding diaryl/α,β-unsaturated/α-hetero) is 1. The van der Waals surface area contributed by atoms with Crippen molar-refractivity contribution in [1.82, 2.24) is 4.98 Å². The monoisotopic (exact) mass is 1150 g/mol. The van der Waals surface area contributed by atoms with Crippen molar-refractivity contribution >= 4 is 45.5 Å². The number of hydrogen-bond donors (Lipinski definition) is 2. The molecule has 1 heterocycles. The van der Waals surface area contributed by atoms with Gasteiger partial charge in [0.15, 0.2) is 3.95 Å². The maximum absolute atomic E-state index is 12.2. The number of thiazole rings is 1. The second kappa shape index (κ2) is 32.4. The second-order valence-corrected chi connectivity index (χ2v) is 32.2. The zero-order valence-corrected chi connectivity index (χ0v) is 54.2. The molecule has 12 atom stereocenters. The van der Waals surface area contributed by atoms with E-state index in [9.17, 15) is 14.7 Å². The highest BCUT2D eigenvalue weighted by Crippen LogP contribution is 2.62. The van der Waals surface area contributed by atoms with Crippen LogP contribution in [0.2, 0.25) is 0 Å². The number of para-hydroxylation sites is 1. The molecule has 0 spiro atoms. The Morgan fingerprint density at radius 1 is 0.662 bits per heavy atom. The summed E-state index contributed by atoms with van der Waals surface area (Å²) in [6.07, 6.45) is 34.8. The lowest BCUT2D eigenvalue weighted by Gasteiger charge is -2.44. The number of nitrogens with one attached hydrogen (secondary N) is 1. The first-order valence-electron chi connectivity index (χ1n) is 31.8. The van der Waals surface area contributed by atoms with E-state index in [0.717, 1.165) is 70.2 Å². The Kier molecular flexibility index (Phi) is 30.0. The molecule has 1 aromatic heterocycles. The predicted molar refractivity (Wildman–Crippen MR) is 354 cm³/mol. The van der Waals surface area contributed by atoms with Gasteiger partial charge in [-0.05, 0) is 220 Å². The molecule has 0 bridgehead atoms. The Hall–Kier alpha value is -2.09. The van der Waals surface area contributed by atoms with Crippen LogP contribution in [0, 0.1) is 89.7 Å². The van der Waals surface area contributed by atoms with E-state index in [1.54, 1.807) is 16.9 Å². The number of allylic oxidation sites excluding steroid dienone is 2. The molecule has 1 aromatic carbocycles. The van der Waals surface area contributed by atoms with Crippen LogP contribution < -0.4 is 0 Å².